The Morgan fingerprint density at radius 1 is 1.03 bits per heavy atom. The molecule has 0 saturated heterocycles. The normalized spacial score (nSPS) is 12.0. The average Bonchev–Trinajstić information content (AvgIpc) is 3.23. The van der Waals surface area contributed by atoms with Gasteiger partial charge in [0.15, 0.2) is 4.80 Å². The Morgan fingerprint density at radius 2 is 1.74 bits per heavy atom. The molecule has 0 saturated carbocycles. The molecule has 0 spiro atoms. The molecule has 0 aliphatic heterocycles. The lowest BCUT2D eigenvalue weighted by Gasteiger charge is -2.08. The number of rotatable bonds is 10. The minimum atomic E-state index is -3.82. The van der Waals surface area contributed by atoms with Crippen molar-refractivity contribution >= 4 is 60.7 Å². The lowest BCUT2D eigenvalue weighted by atomic mass is 10.1. The predicted octanol–water partition coefficient (Wildman–Crippen LogP) is 5.80. The van der Waals surface area contributed by atoms with Gasteiger partial charge in [0.1, 0.15) is 6.54 Å². The lowest BCUT2D eigenvalue weighted by Crippen LogP contribution is -2.23. The van der Waals surface area contributed by atoms with Crippen molar-refractivity contribution in [1.29, 1.82) is 0 Å². The zero-order chi connectivity index (χ0) is 28.0. The fourth-order valence-corrected chi connectivity index (χ4v) is 6.16. The third-order valence-electron chi connectivity index (χ3n) is 5.86. The van der Waals surface area contributed by atoms with Crippen molar-refractivity contribution in [3.05, 3.63) is 87.7 Å². The second-order valence-electron chi connectivity index (χ2n) is 8.74. The number of anilines is 1. The van der Waals surface area contributed by atoms with Gasteiger partial charge in [-0.3, -0.25) is 14.3 Å². The largest absolute Gasteiger partial charge is 0.465 e. The van der Waals surface area contributed by atoms with Gasteiger partial charge >= 0.3 is 5.97 Å². The number of unbranched alkanes of at least 4 members (excludes halogenated alkanes) is 1. The number of hydrogen-bond acceptors (Lipinski definition) is 6. The van der Waals surface area contributed by atoms with Gasteiger partial charge in [0.05, 0.1) is 21.7 Å². The Kier molecular flexibility index (Phi) is 9.21. The van der Waals surface area contributed by atoms with E-state index >= 15 is 0 Å². The van der Waals surface area contributed by atoms with E-state index in [0.29, 0.717) is 15.5 Å². The molecule has 0 aliphatic rings. The van der Waals surface area contributed by atoms with Crippen LogP contribution in [0.4, 0.5) is 5.69 Å². The Bertz CT molecular complexity index is 1660. The number of carbonyl (C=O) groups is 2. The third-order valence-corrected chi connectivity index (χ3v) is 8.55. The summed E-state index contributed by atoms with van der Waals surface area (Å²) in [7, 11) is -3.82. The molecule has 3 aromatic carbocycles. The van der Waals surface area contributed by atoms with Crippen LogP contribution in [0.5, 0.6) is 0 Å². The molecule has 4 rings (SSSR count). The molecule has 11 heteroatoms. The van der Waals surface area contributed by atoms with E-state index in [0.717, 1.165) is 29.5 Å². The minimum absolute atomic E-state index is 0.0656. The maximum Gasteiger partial charge on any atom is 0.326 e. The number of nitrogens with zero attached hydrogens (tertiary/aromatic N) is 2. The maximum absolute atomic E-state index is 13.1. The summed E-state index contributed by atoms with van der Waals surface area (Å²) in [6.45, 7) is 4.06. The molecule has 0 fully saturated rings. The topological polar surface area (TPSA) is 107 Å². The number of halogens is 1. The number of benzene rings is 3. The van der Waals surface area contributed by atoms with Gasteiger partial charge in [0.2, 0.25) is 0 Å². The quantitative estimate of drug-likeness (QED) is 0.237. The molecule has 1 amide bonds. The van der Waals surface area contributed by atoms with Crippen molar-refractivity contribution in [3.63, 3.8) is 0 Å². The number of amides is 1. The van der Waals surface area contributed by atoms with Gasteiger partial charge in [-0.15, -0.1) is 0 Å². The van der Waals surface area contributed by atoms with Crippen molar-refractivity contribution in [1.82, 2.24) is 4.57 Å². The number of carbonyl (C=O) groups excluding carboxylic acids is 2. The van der Waals surface area contributed by atoms with E-state index in [2.05, 4.69) is 22.7 Å². The van der Waals surface area contributed by atoms with Gasteiger partial charge in [0, 0.05) is 16.3 Å². The average molecular weight is 586 g/mol. The molecular weight excluding hydrogens is 558 g/mol. The van der Waals surface area contributed by atoms with E-state index in [1.165, 1.54) is 65.4 Å². The van der Waals surface area contributed by atoms with E-state index in [1.807, 2.05) is 12.1 Å². The lowest BCUT2D eigenvalue weighted by molar-refractivity contribution is -0.143. The van der Waals surface area contributed by atoms with E-state index in [-0.39, 0.29) is 23.6 Å². The summed E-state index contributed by atoms with van der Waals surface area (Å²) < 4.78 is 35.5. The first-order chi connectivity index (χ1) is 18.7. The number of aryl methyl sites for hydroxylation is 1. The number of fused-ring (bicyclic) bond motifs is 1. The highest BCUT2D eigenvalue weighted by Crippen LogP contribution is 2.22. The standard InChI is InChI=1S/C28H28ClN3O5S2/c1-3-5-6-19-7-16-24-25(17-19)38-28(32(24)18-26(33)37-4-2)30-27(34)20-8-12-22(13-9-20)31-39(35,36)23-14-10-21(29)11-15-23/h7-17,31H,3-6,18H2,1-2H3. The summed E-state index contributed by atoms with van der Waals surface area (Å²) in [4.78, 5) is 30.1. The van der Waals surface area contributed by atoms with Gasteiger partial charge in [-0.1, -0.05) is 42.3 Å². The Hall–Kier alpha value is -3.47. The first-order valence-corrected chi connectivity index (χ1v) is 15.1. The number of aromatic nitrogens is 1. The number of nitrogens with one attached hydrogen (secondary N) is 1. The van der Waals surface area contributed by atoms with Gasteiger partial charge in [-0.2, -0.15) is 4.99 Å². The van der Waals surface area contributed by atoms with Crippen LogP contribution in [-0.4, -0.2) is 31.5 Å². The number of hydrogen-bond donors (Lipinski definition) is 1. The summed E-state index contributed by atoms with van der Waals surface area (Å²) in [6.07, 6.45) is 3.10. The van der Waals surface area contributed by atoms with E-state index in [1.54, 1.807) is 11.5 Å². The summed E-state index contributed by atoms with van der Waals surface area (Å²) >= 11 is 7.17. The van der Waals surface area contributed by atoms with Crippen LogP contribution in [0.1, 0.15) is 42.6 Å². The molecular formula is C28H28ClN3O5S2. The highest BCUT2D eigenvalue weighted by molar-refractivity contribution is 7.92. The number of sulfonamides is 1. The molecule has 0 atom stereocenters. The smallest absolute Gasteiger partial charge is 0.326 e. The zero-order valence-electron chi connectivity index (χ0n) is 21.5. The molecule has 1 heterocycles. The molecule has 1 N–H and O–H groups in total. The molecule has 0 bridgehead atoms. The summed E-state index contributed by atoms with van der Waals surface area (Å²) in [5, 5.41) is 0.430. The van der Waals surface area contributed by atoms with Crippen molar-refractivity contribution in [2.75, 3.05) is 11.3 Å². The highest BCUT2D eigenvalue weighted by Gasteiger charge is 2.16. The first kappa shape index (κ1) is 28.5. The van der Waals surface area contributed by atoms with Crippen LogP contribution in [0.25, 0.3) is 10.2 Å². The van der Waals surface area contributed by atoms with Crippen LogP contribution < -0.4 is 9.52 Å². The Morgan fingerprint density at radius 3 is 2.41 bits per heavy atom. The van der Waals surface area contributed by atoms with Crippen molar-refractivity contribution < 1.29 is 22.7 Å². The molecule has 1 aromatic heterocycles. The number of ether oxygens (including phenoxy) is 1. The van der Waals surface area contributed by atoms with E-state index < -0.39 is 21.9 Å². The van der Waals surface area contributed by atoms with E-state index in [9.17, 15) is 18.0 Å². The second-order valence-corrected chi connectivity index (χ2v) is 11.9. The third kappa shape index (κ3) is 7.14. The molecule has 4 aromatic rings. The molecule has 8 nitrogen and oxygen atoms in total. The predicted molar refractivity (Wildman–Crippen MR) is 154 cm³/mol. The maximum atomic E-state index is 13.1. The summed E-state index contributed by atoms with van der Waals surface area (Å²) in [5.41, 5.74) is 2.55. The van der Waals surface area contributed by atoms with Crippen LogP contribution in [0, 0.1) is 0 Å². The first-order valence-electron chi connectivity index (χ1n) is 12.5. The van der Waals surface area contributed by atoms with Crippen LogP contribution in [0.3, 0.4) is 0 Å². The van der Waals surface area contributed by atoms with Crippen molar-refractivity contribution in [2.24, 2.45) is 4.99 Å². The highest BCUT2D eigenvalue weighted by atomic mass is 35.5. The second kappa shape index (κ2) is 12.6. The summed E-state index contributed by atoms with van der Waals surface area (Å²) in [6, 6.07) is 17.8. The van der Waals surface area contributed by atoms with Gasteiger partial charge in [0.25, 0.3) is 15.9 Å². The van der Waals surface area contributed by atoms with Crippen LogP contribution in [0.2, 0.25) is 5.02 Å². The van der Waals surface area contributed by atoms with Gasteiger partial charge < -0.3 is 9.30 Å². The molecule has 0 unspecified atom stereocenters. The minimum Gasteiger partial charge on any atom is -0.465 e. The summed E-state index contributed by atoms with van der Waals surface area (Å²) in [5.74, 6) is -0.934. The fraction of sp³-hybridized carbons (Fsp3) is 0.250. The molecule has 204 valence electrons. The molecule has 0 aliphatic carbocycles. The number of esters is 1. The van der Waals surface area contributed by atoms with Gasteiger partial charge in [-0.05, 0) is 86.0 Å². The van der Waals surface area contributed by atoms with Crippen LogP contribution in [-0.2, 0) is 32.5 Å². The molecule has 39 heavy (non-hydrogen) atoms. The molecule has 0 radical (unpaired) electrons. The van der Waals surface area contributed by atoms with Crippen LogP contribution >= 0.6 is 22.9 Å². The monoisotopic (exact) mass is 585 g/mol. The number of thiazole rings is 1. The Balaban J connectivity index is 1.62. The van der Waals surface area contributed by atoms with Crippen LogP contribution in [0.15, 0.2) is 76.6 Å². The van der Waals surface area contributed by atoms with E-state index in [4.69, 9.17) is 16.3 Å². The fourth-order valence-electron chi connectivity index (χ4n) is 3.89. The van der Waals surface area contributed by atoms with Gasteiger partial charge in [-0.25, -0.2) is 8.42 Å². The van der Waals surface area contributed by atoms with Crippen molar-refractivity contribution in [2.45, 2.75) is 44.6 Å². The SMILES string of the molecule is CCCCc1ccc2c(c1)sc(=NC(=O)c1ccc(NS(=O)(=O)c3ccc(Cl)cc3)cc1)n2CC(=O)OCC. The van der Waals surface area contributed by atoms with Crippen molar-refractivity contribution in [3.8, 4) is 0 Å². The Labute approximate surface area is 236 Å². The zero-order valence-corrected chi connectivity index (χ0v) is 23.9.